The van der Waals surface area contributed by atoms with Crippen LogP contribution in [0.4, 0.5) is 0 Å². The molecule has 3 aromatic rings. The fourth-order valence-electron chi connectivity index (χ4n) is 4.02. The van der Waals surface area contributed by atoms with E-state index in [4.69, 9.17) is 5.14 Å². The Morgan fingerprint density at radius 3 is 2.75 bits per heavy atom. The van der Waals surface area contributed by atoms with Crippen LogP contribution in [0.1, 0.15) is 41.6 Å². The normalized spacial score (nSPS) is 16.1. The second-order valence-electron chi connectivity index (χ2n) is 8.33. The van der Waals surface area contributed by atoms with E-state index in [1.165, 1.54) is 17.0 Å². The maximum Gasteiger partial charge on any atom is 0.259 e. The molecule has 1 aliphatic rings. The van der Waals surface area contributed by atoms with E-state index in [2.05, 4.69) is 22.2 Å². The number of H-pyrrole nitrogens is 1. The summed E-state index contributed by atoms with van der Waals surface area (Å²) in [6.45, 7) is 2.65. The minimum Gasteiger partial charge on any atom is -0.356 e. The Hall–Kier alpha value is -2.56. The average molecular weight is 475 g/mol. The van der Waals surface area contributed by atoms with Crippen LogP contribution < -0.4 is 16.0 Å². The van der Waals surface area contributed by atoms with Gasteiger partial charge in [0.05, 0.1) is 10.3 Å². The molecule has 1 aliphatic carbocycles. The lowest BCUT2D eigenvalue weighted by molar-refractivity contribution is -0.121. The molecule has 4 rings (SSSR count). The third-order valence-electron chi connectivity index (χ3n) is 5.79. The van der Waals surface area contributed by atoms with Crippen LogP contribution in [0.3, 0.4) is 0 Å². The molecule has 0 spiro atoms. The molecule has 2 heterocycles. The van der Waals surface area contributed by atoms with Crippen molar-refractivity contribution in [3.8, 4) is 0 Å². The van der Waals surface area contributed by atoms with Gasteiger partial charge in [0.25, 0.3) is 5.56 Å². The molecule has 1 aromatic carbocycles. The number of benzene rings is 1. The zero-order chi connectivity index (χ0) is 22.9. The van der Waals surface area contributed by atoms with Gasteiger partial charge in [-0.2, -0.15) is 0 Å². The second kappa shape index (κ2) is 9.13. The lowest BCUT2D eigenvalue weighted by Gasteiger charge is -2.17. The Balaban J connectivity index is 1.31. The standard InChI is InChI=1S/C22H26N4O4S2/c1-13-2-7-16-17(12-13)31-22-20(16)21(28)25-18(26-22)8-9-19(27)24-11-10-14-3-5-15(6-4-14)32(23,29)30/h3-6,13H,2,7-12H2,1H3,(H,24,27)(H2,23,29,30)(H,25,26,28)/t13-/m1/s1. The van der Waals surface area contributed by atoms with Gasteiger partial charge in [0.2, 0.25) is 15.9 Å². The second-order valence-corrected chi connectivity index (χ2v) is 11.0. The van der Waals surface area contributed by atoms with Crippen molar-refractivity contribution < 1.29 is 13.2 Å². The first-order valence-electron chi connectivity index (χ1n) is 10.6. The minimum atomic E-state index is -3.71. The van der Waals surface area contributed by atoms with Crippen molar-refractivity contribution in [1.29, 1.82) is 0 Å². The number of sulfonamides is 1. The SMILES string of the molecule is C[C@@H]1CCc2c(sc3nc(CCC(=O)NCCc4ccc(S(N)(=O)=O)cc4)[nH]c(=O)c23)C1. The Kier molecular flexibility index (Phi) is 6.45. The molecule has 4 N–H and O–H groups in total. The highest BCUT2D eigenvalue weighted by Gasteiger charge is 2.23. The molecule has 0 saturated heterocycles. The third-order valence-corrected chi connectivity index (χ3v) is 7.87. The maximum absolute atomic E-state index is 12.6. The van der Waals surface area contributed by atoms with Gasteiger partial charge in [0.15, 0.2) is 0 Å². The first-order valence-corrected chi connectivity index (χ1v) is 13.0. The number of primary sulfonamides is 1. The van der Waals surface area contributed by atoms with Gasteiger partial charge in [-0.15, -0.1) is 11.3 Å². The quantitative estimate of drug-likeness (QED) is 0.482. The molecule has 1 amide bonds. The van der Waals surface area contributed by atoms with Crippen molar-refractivity contribution >= 4 is 37.5 Å². The van der Waals surface area contributed by atoms with Crippen LogP contribution in [-0.4, -0.2) is 30.8 Å². The number of carbonyl (C=O) groups excluding carboxylic acids is 1. The lowest BCUT2D eigenvalue weighted by atomic mass is 9.89. The molecular formula is C22H26N4O4S2. The number of fused-ring (bicyclic) bond motifs is 3. The number of amides is 1. The van der Waals surface area contributed by atoms with Gasteiger partial charge in [-0.25, -0.2) is 18.5 Å². The first kappa shape index (κ1) is 22.6. The van der Waals surface area contributed by atoms with Crippen molar-refractivity contribution in [3.63, 3.8) is 0 Å². The van der Waals surface area contributed by atoms with Crippen LogP contribution in [0.25, 0.3) is 10.2 Å². The van der Waals surface area contributed by atoms with Gasteiger partial charge >= 0.3 is 0 Å². The molecule has 0 fully saturated rings. The summed E-state index contributed by atoms with van der Waals surface area (Å²) in [5.41, 5.74) is 1.93. The Labute approximate surface area is 190 Å². The number of aryl methyl sites for hydroxylation is 2. The molecule has 0 bridgehead atoms. The van der Waals surface area contributed by atoms with Crippen LogP contribution in [0.15, 0.2) is 34.0 Å². The van der Waals surface area contributed by atoms with Crippen molar-refractivity contribution in [2.45, 2.75) is 50.3 Å². The number of hydrogen-bond acceptors (Lipinski definition) is 6. The zero-order valence-corrected chi connectivity index (χ0v) is 19.4. The Morgan fingerprint density at radius 2 is 2.03 bits per heavy atom. The number of nitrogens with one attached hydrogen (secondary N) is 2. The summed E-state index contributed by atoms with van der Waals surface area (Å²) in [6, 6.07) is 6.26. The molecule has 1 atom stereocenters. The van der Waals surface area contributed by atoms with Gasteiger partial charge in [-0.1, -0.05) is 19.1 Å². The molecule has 32 heavy (non-hydrogen) atoms. The van der Waals surface area contributed by atoms with Crippen LogP contribution in [0.2, 0.25) is 0 Å². The molecule has 0 aliphatic heterocycles. The average Bonchev–Trinajstić information content (AvgIpc) is 3.09. The number of hydrogen-bond donors (Lipinski definition) is 3. The molecule has 170 valence electrons. The number of aromatic amines is 1. The number of aromatic nitrogens is 2. The smallest absolute Gasteiger partial charge is 0.259 e. The summed E-state index contributed by atoms with van der Waals surface area (Å²) in [5, 5.41) is 8.65. The largest absolute Gasteiger partial charge is 0.356 e. The molecule has 0 unspecified atom stereocenters. The monoisotopic (exact) mass is 474 g/mol. The van der Waals surface area contributed by atoms with Crippen LogP contribution in [0, 0.1) is 5.92 Å². The van der Waals surface area contributed by atoms with Gasteiger partial charge in [-0.3, -0.25) is 9.59 Å². The van der Waals surface area contributed by atoms with E-state index in [0.717, 1.165) is 40.6 Å². The fraction of sp³-hybridized carbons (Fsp3) is 0.409. The Morgan fingerprint density at radius 1 is 1.28 bits per heavy atom. The summed E-state index contributed by atoms with van der Waals surface area (Å²) in [6.07, 6.45) is 4.17. The van der Waals surface area contributed by atoms with Gasteiger partial charge < -0.3 is 10.3 Å². The predicted molar refractivity (Wildman–Crippen MR) is 124 cm³/mol. The van der Waals surface area contributed by atoms with E-state index in [1.54, 1.807) is 23.5 Å². The van der Waals surface area contributed by atoms with E-state index < -0.39 is 10.0 Å². The molecule has 0 saturated carbocycles. The lowest BCUT2D eigenvalue weighted by Crippen LogP contribution is -2.26. The minimum absolute atomic E-state index is 0.0600. The van der Waals surface area contributed by atoms with Crippen LogP contribution in [-0.2, 0) is 40.5 Å². The maximum atomic E-state index is 12.6. The summed E-state index contributed by atoms with van der Waals surface area (Å²) >= 11 is 1.60. The molecule has 0 radical (unpaired) electrons. The predicted octanol–water partition coefficient (Wildman–Crippen LogP) is 2.05. The molecule has 8 nitrogen and oxygen atoms in total. The molecule has 10 heteroatoms. The molecular weight excluding hydrogens is 448 g/mol. The number of nitrogens with two attached hydrogens (primary N) is 1. The summed E-state index contributed by atoms with van der Waals surface area (Å²) in [7, 11) is -3.71. The first-order chi connectivity index (χ1) is 15.2. The van der Waals surface area contributed by atoms with Crippen molar-refractivity contribution in [2.75, 3.05) is 6.54 Å². The Bertz CT molecular complexity index is 1310. The molecule has 2 aromatic heterocycles. The number of thiophene rings is 1. The summed E-state index contributed by atoms with van der Waals surface area (Å²) in [4.78, 5) is 34.4. The number of rotatable bonds is 7. The number of carbonyl (C=O) groups is 1. The fourth-order valence-corrected chi connectivity index (χ4v) is 5.94. The van der Waals surface area contributed by atoms with Crippen LogP contribution in [0.5, 0.6) is 0 Å². The van der Waals surface area contributed by atoms with E-state index in [-0.39, 0.29) is 22.8 Å². The topological polar surface area (TPSA) is 135 Å². The summed E-state index contributed by atoms with van der Waals surface area (Å²) < 4.78 is 22.6. The van der Waals surface area contributed by atoms with E-state index in [1.807, 2.05) is 0 Å². The van der Waals surface area contributed by atoms with Crippen molar-refractivity contribution in [3.05, 3.63) is 56.4 Å². The highest BCUT2D eigenvalue weighted by molar-refractivity contribution is 7.89. The summed E-state index contributed by atoms with van der Waals surface area (Å²) in [5.74, 6) is 1.03. The van der Waals surface area contributed by atoms with E-state index >= 15 is 0 Å². The highest BCUT2D eigenvalue weighted by Crippen LogP contribution is 2.35. The zero-order valence-electron chi connectivity index (χ0n) is 17.8. The van der Waals surface area contributed by atoms with Crippen molar-refractivity contribution in [2.24, 2.45) is 11.1 Å². The van der Waals surface area contributed by atoms with E-state index in [9.17, 15) is 18.0 Å². The van der Waals surface area contributed by atoms with E-state index in [0.29, 0.717) is 31.1 Å². The van der Waals surface area contributed by atoms with Gasteiger partial charge in [0, 0.05) is 24.3 Å². The van der Waals surface area contributed by atoms with Gasteiger partial charge in [-0.05, 0) is 54.9 Å². The van der Waals surface area contributed by atoms with Gasteiger partial charge in [0.1, 0.15) is 10.7 Å². The van der Waals surface area contributed by atoms with Crippen LogP contribution >= 0.6 is 11.3 Å². The number of nitrogens with zero attached hydrogens (tertiary/aromatic N) is 1. The third kappa shape index (κ3) is 5.08. The highest BCUT2D eigenvalue weighted by atomic mass is 32.2. The van der Waals surface area contributed by atoms with Crippen molar-refractivity contribution in [1.82, 2.24) is 15.3 Å².